The van der Waals surface area contributed by atoms with Crippen LogP contribution in [0.15, 0.2) is 12.2 Å². The summed E-state index contributed by atoms with van der Waals surface area (Å²) in [6, 6.07) is 0. The van der Waals surface area contributed by atoms with Crippen molar-refractivity contribution in [2.45, 2.75) is 0 Å². The van der Waals surface area contributed by atoms with Crippen LogP contribution in [0.5, 0.6) is 0 Å². The summed E-state index contributed by atoms with van der Waals surface area (Å²) in [6.45, 7) is 0. The summed E-state index contributed by atoms with van der Waals surface area (Å²) >= 11 is 0. The molecule has 2 N–H and O–H groups in total. The molecule has 7 heteroatoms. The lowest BCUT2D eigenvalue weighted by molar-refractivity contribution is -0.445. The minimum Gasteiger partial charge on any atom is -0.478 e. The predicted molar refractivity (Wildman–Crippen MR) is 37.3 cm³/mol. The van der Waals surface area contributed by atoms with Gasteiger partial charge in [-0.15, -0.1) is 0 Å². The number of carboxylic acid groups (broad SMARTS) is 2. The van der Waals surface area contributed by atoms with Gasteiger partial charge in [-0.3, -0.25) is 10.1 Å². The zero-order valence-corrected chi connectivity index (χ0v) is 6.13. The van der Waals surface area contributed by atoms with Crippen molar-refractivity contribution >= 4 is 11.9 Å². The van der Waals surface area contributed by atoms with Crippen LogP contribution in [0.3, 0.4) is 0 Å². The van der Waals surface area contributed by atoms with E-state index in [1.165, 1.54) is 0 Å². The van der Waals surface area contributed by atoms with Gasteiger partial charge in [0.1, 0.15) is 0 Å². The molecule has 0 aromatic rings. The largest absolute Gasteiger partial charge is 0.478 e. The van der Waals surface area contributed by atoms with Gasteiger partial charge in [0.05, 0.1) is 0 Å². The highest BCUT2D eigenvalue weighted by atomic mass is 16.6. The molecule has 0 rings (SSSR count). The summed E-state index contributed by atoms with van der Waals surface area (Å²) in [4.78, 5) is 27.4. The fraction of sp³-hybridized carbons (Fsp3) is 0.200. The summed E-state index contributed by atoms with van der Waals surface area (Å²) in [6.07, 6.45) is 1.12. The number of hydrogen-bond donors (Lipinski definition) is 2. The second kappa shape index (κ2) is 7.19. The van der Waals surface area contributed by atoms with E-state index in [2.05, 4.69) is 0 Å². The third-order valence-electron chi connectivity index (χ3n) is 0.368. The van der Waals surface area contributed by atoms with Crippen LogP contribution in [0, 0.1) is 10.1 Å². The van der Waals surface area contributed by atoms with Gasteiger partial charge in [-0.05, 0) is 0 Å². The first kappa shape index (κ1) is 12.7. The number of carboxylic acids is 2. The number of nitrogens with zero attached hydrogens (tertiary/aromatic N) is 1. The van der Waals surface area contributed by atoms with E-state index in [1.54, 1.807) is 0 Å². The van der Waals surface area contributed by atoms with Gasteiger partial charge in [-0.25, -0.2) is 9.59 Å². The lowest BCUT2D eigenvalue weighted by Gasteiger charge is -1.74. The van der Waals surface area contributed by atoms with Gasteiger partial charge < -0.3 is 10.2 Å². The van der Waals surface area contributed by atoms with E-state index in [4.69, 9.17) is 20.3 Å². The Balaban J connectivity index is 0. The molecule has 0 bridgehead atoms. The molecule has 0 aromatic heterocycles. The van der Waals surface area contributed by atoms with Crippen molar-refractivity contribution in [3.8, 4) is 0 Å². The SMILES string of the molecule is C[N+](=O)[O-].O=C(O)/C=C/C(=O)O. The van der Waals surface area contributed by atoms with Crippen molar-refractivity contribution in [2.75, 3.05) is 7.05 Å². The van der Waals surface area contributed by atoms with Crippen molar-refractivity contribution in [2.24, 2.45) is 0 Å². The smallest absolute Gasteiger partial charge is 0.328 e. The lowest BCUT2D eigenvalue weighted by atomic mass is 10.5. The van der Waals surface area contributed by atoms with Gasteiger partial charge in [0.2, 0.25) is 0 Å². The molecule has 0 aliphatic heterocycles. The first-order valence-electron chi connectivity index (χ1n) is 2.58. The maximum absolute atomic E-state index is 9.55. The Kier molecular flexibility index (Phi) is 7.63. The predicted octanol–water partition coefficient (Wildman–Crippen LogP) is -0.395. The van der Waals surface area contributed by atoms with Gasteiger partial charge in [0.25, 0.3) is 0 Å². The molecule has 0 unspecified atom stereocenters. The number of aliphatic carboxylic acids is 2. The van der Waals surface area contributed by atoms with Crippen LogP contribution >= 0.6 is 0 Å². The van der Waals surface area contributed by atoms with Crippen LogP contribution in [0.1, 0.15) is 0 Å². The Morgan fingerprint density at radius 3 is 1.50 bits per heavy atom. The third-order valence-corrected chi connectivity index (χ3v) is 0.368. The molecule has 7 nitrogen and oxygen atoms in total. The highest BCUT2D eigenvalue weighted by molar-refractivity contribution is 5.89. The normalized spacial score (nSPS) is 8.42. The molecule has 0 atom stereocenters. The standard InChI is InChI=1S/C4H4O4.CH3NO2/c5-3(6)1-2-4(7)8;1-2(3)4/h1-2H,(H,5,6)(H,7,8);1H3/b2-1+;. The van der Waals surface area contributed by atoms with Gasteiger partial charge >= 0.3 is 11.9 Å². The van der Waals surface area contributed by atoms with Gasteiger partial charge in [0.15, 0.2) is 7.05 Å². The van der Waals surface area contributed by atoms with Crippen LogP contribution in [0.2, 0.25) is 0 Å². The Bertz CT molecular complexity index is 188. The highest BCUT2D eigenvalue weighted by Crippen LogP contribution is 1.70. The maximum Gasteiger partial charge on any atom is 0.328 e. The lowest BCUT2D eigenvalue weighted by Crippen LogP contribution is -1.91. The molecule has 12 heavy (non-hydrogen) atoms. The topological polar surface area (TPSA) is 118 Å². The van der Waals surface area contributed by atoms with Crippen molar-refractivity contribution in [1.29, 1.82) is 0 Å². The van der Waals surface area contributed by atoms with E-state index >= 15 is 0 Å². The summed E-state index contributed by atoms with van der Waals surface area (Å²) in [5.41, 5.74) is 0. The summed E-state index contributed by atoms with van der Waals surface area (Å²) in [5.74, 6) is -2.51. The van der Waals surface area contributed by atoms with E-state index in [9.17, 15) is 9.59 Å². The fourth-order valence-electron chi connectivity index (χ4n) is 0.143. The van der Waals surface area contributed by atoms with Gasteiger partial charge in [-0.2, -0.15) is 0 Å². The molecule has 0 aliphatic carbocycles. The molecule has 0 aromatic carbocycles. The van der Waals surface area contributed by atoms with Crippen LogP contribution in [0.25, 0.3) is 0 Å². The first-order valence-corrected chi connectivity index (χ1v) is 2.58. The molecule has 0 radical (unpaired) electrons. The van der Waals surface area contributed by atoms with Crippen molar-refractivity contribution < 1.29 is 24.7 Å². The Morgan fingerprint density at radius 1 is 1.25 bits per heavy atom. The average molecular weight is 177 g/mol. The molecule has 0 saturated carbocycles. The number of nitro groups is 1. The third kappa shape index (κ3) is 42.7. The number of carbonyl (C=O) groups is 2. The monoisotopic (exact) mass is 177 g/mol. The minimum absolute atomic E-state index is 0.500. The van der Waals surface area contributed by atoms with Crippen LogP contribution in [0.4, 0.5) is 0 Å². The van der Waals surface area contributed by atoms with Gasteiger partial charge in [0, 0.05) is 17.1 Å². The van der Waals surface area contributed by atoms with Crippen molar-refractivity contribution in [3.05, 3.63) is 22.3 Å². The van der Waals surface area contributed by atoms with E-state index in [0.29, 0.717) is 12.2 Å². The maximum atomic E-state index is 9.55. The number of rotatable bonds is 2. The van der Waals surface area contributed by atoms with Crippen LogP contribution in [-0.2, 0) is 9.59 Å². The summed E-state index contributed by atoms with van der Waals surface area (Å²) < 4.78 is 0. The minimum atomic E-state index is -1.26. The zero-order valence-electron chi connectivity index (χ0n) is 6.13. The van der Waals surface area contributed by atoms with E-state index < -0.39 is 16.9 Å². The molecular weight excluding hydrogens is 170 g/mol. The van der Waals surface area contributed by atoms with E-state index in [1.807, 2.05) is 0 Å². The summed E-state index contributed by atoms with van der Waals surface area (Å²) in [7, 11) is 0.889. The van der Waals surface area contributed by atoms with Crippen LogP contribution < -0.4 is 0 Å². The Labute approximate surface area is 67.1 Å². The fourth-order valence-corrected chi connectivity index (χ4v) is 0.143. The summed E-state index contributed by atoms with van der Waals surface area (Å²) in [5, 5.41) is 24.4. The van der Waals surface area contributed by atoms with E-state index in [-0.39, 0.29) is 0 Å². The number of hydrogen-bond acceptors (Lipinski definition) is 4. The van der Waals surface area contributed by atoms with Crippen LogP contribution in [-0.4, -0.2) is 34.1 Å². The second-order valence-electron chi connectivity index (χ2n) is 1.45. The molecule has 0 aliphatic rings. The molecule has 68 valence electrons. The van der Waals surface area contributed by atoms with E-state index in [0.717, 1.165) is 7.05 Å². The Hall–Kier alpha value is -1.92. The van der Waals surface area contributed by atoms with Crippen molar-refractivity contribution in [1.82, 2.24) is 0 Å². The van der Waals surface area contributed by atoms with Crippen molar-refractivity contribution in [3.63, 3.8) is 0 Å². The first-order chi connectivity index (χ1) is 5.36. The van der Waals surface area contributed by atoms with Gasteiger partial charge in [-0.1, -0.05) is 0 Å². The quantitative estimate of drug-likeness (QED) is 0.336. The molecule has 0 amide bonds. The molecular formula is C5H7NO6. The molecule has 0 saturated heterocycles. The zero-order chi connectivity index (χ0) is 10.1. The second-order valence-corrected chi connectivity index (χ2v) is 1.45. The highest BCUT2D eigenvalue weighted by Gasteiger charge is 1.88. The average Bonchev–Trinajstić information content (AvgIpc) is 1.82. The molecule has 0 fully saturated rings. The Morgan fingerprint density at radius 2 is 1.42 bits per heavy atom. The molecule has 0 heterocycles. The molecule has 0 spiro atoms.